The number of fused-ring (bicyclic) bond motifs is 1. The highest BCUT2D eigenvalue weighted by atomic mass is 19.4. The molecule has 1 fully saturated rings. The van der Waals surface area contributed by atoms with Crippen LogP contribution in [0.15, 0.2) is 41.3 Å². The van der Waals surface area contributed by atoms with Crippen LogP contribution in [0.2, 0.25) is 0 Å². The van der Waals surface area contributed by atoms with E-state index in [2.05, 4.69) is 5.32 Å². The zero-order chi connectivity index (χ0) is 22.9. The standard InChI is InChI=1S/C21H20F3N3O5/c22-21(23,24)15-2-1-7-27(20(15)30)11-18(28)26-8-5-13(6-9-26)19(29)25-14-3-4-16-17(10-14)32-12-31-16/h1-4,7,10,13H,5-6,8-9,11-12H2,(H,25,29). The van der Waals surface area contributed by atoms with E-state index in [-0.39, 0.29) is 31.7 Å². The number of nitrogens with one attached hydrogen (secondary N) is 1. The van der Waals surface area contributed by atoms with Crippen LogP contribution in [0.25, 0.3) is 0 Å². The number of ether oxygens (including phenoxy) is 2. The van der Waals surface area contributed by atoms with Crippen LogP contribution < -0.4 is 20.3 Å². The van der Waals surface area contributed by atoms with Gasteiger partial charge in [-0.25, -0.2) is 0 Å². The molecule has 0 bridgehead atoms. The topological polar surface area (TPSA) is 89.9 Å². The lowest BCUT2D eigenvalue weighted by atomic mass is 9.95. The molecule has 0 saturated carbocycles. The summed E-state index contributed by atoms with van der Waals surface area (Å²) in [6.07, 6.45) is -2.83. The average molecular weight is 451 g/mol. The SMILES string of the molecule is O=C(Nc1ccc2c(c1)OCO2)C1CCN(C(=O)Cn2cccc(C(F)(F)F)c2=O)CC1. The number of carbonyl (C=O) groups excluding carboxylic acids is 2. The van der Waals surface area contributed by atoms with Crippen LogP contribution in [-0.2, 0) is 22.3 Å². The van der Waals surface area contributed by atoms with Crippen molar-refractivity contribution in [3.63, 3.8) is 0 Å². The highest BCUT2D eigenvalue weighted by Crippen LogP contribution is 2.34. The van der Waals surface area contributed by atoms with Crippen LogP contribution in [0, 0.1) is 5.92 Å². The van der Waals surface area contributed by atoms with Gasteiger partial charge in [0.05, 0.1) is 0 Å². The van der Waals surface area contributed by atoms with Gasteiger partial charge in [0.15, 0.2) is 11.5 Å². The minimum atomic E-state index is -4.78. The Morgan fingerprint density at radius 1 is 1.09 bits per heavy atom. The number of hydrogen-bond acceptors (Lipinski definition) is 5. The summed E-state index contributed by atoms with van der Waals surface area (Å²) in [6, 6.07) is 6.86. The minimum Gasteiger partial charge on any atom is -0.454 e. The Hall–Kier alpha value is -3.50. The number of carbonyl (C=O) groups is 2. The lowest BCUT2D eigenvalue weighted by molar-refractivity contribution is -0.140. The van der Waals surface area contributed by atoms with Crippen molar-refractivity contribution in [3.8, 4) is 11.5 Å². The van der Waals surface area contributed by atoms with Crippen LogP contribution in [0.5, 0.6) is 11.5 Å². The largest absolute Gasteiger partial charge is 0.454 e. The van der Waals surface area contributed by atoms with Crippen molar-refractivity contribution in [2.45, 2.75) is 25.6 Å². The Balaban J connectivity index is 1.32. The fourth-order valence-corrected chi connectivity index (χ4v) is 3.73. The smallest absolute Gasteiger partial charge is 0.421 e. The van der Waals surface area contributed by atoms with Gasteiger partial charge < -0.3 is 24.3 Å². The van der Waals surface area contributed by atoms with E-state index in [1.54, 1.807) is 18.2 Å². The van der Waals surface area contributed by atoms with E-state index in [0.29, 0.717) is 36.1 Å². The molecule has 0 radical (unpaired) electrons. The summed E-state index contributed by atoms with van der Waals surface area (Å²) in [5.41, 5.74) is -2.00. The molecule has 2 aliphatic rings. The maximum atomic E-state index is 12.9. The van der Waals surface area contributed by atoms with Crippen LogP contribution in [0.3, 0.4) is 0 Å². The van der Waals surface area contributed by atoms with Gasteiger partial charge in [-0.15, -0.1) is 0 Å². The number of likely N-dealkylation sites (tertiary alicyclic amines) is 1. The zero-order valence-electron chi connectivity index (χ0n) is 16.9. The molecule has 1 aromatic carbocycles. The Kier molecular flexibility index (Phi) is 5.81. The van der Waals surface area contributed by atoms with E-state index in [9.17, 15) is 27.6 Å². The maximum Gasteiger partial charge on any atom is 0.421 e. The molecular weight excluding hydrogens is 431 g/mol. The highest BCUT2D eigenvalue weighted by molar-refractivity contribution is 5.93. The van der Waals surface area contributed by atoms with Gasteiger partial charge in [-0.1, -0.05) is 0 Å². The Bertz CT molecular complexity index is 1090. The second-order valence-corrected chi connectivity index (χ2v) is 7.57. The number of pyridine rings is 1. The van der Waals surface area contributed by atoms with E-state index in [1.165, 1.54) is 4.90 Å². The Morgan fingerprint density at radius 2 is 1.81 bits per heavy atom. The van der Waals surface area contributed by atoms with E-state index >= 15 is 0 Å². The van der Waals surface area contributed by atoms with Crippen molar-refractivity contribution in [3.05, 3.63) is 52.4 Å². The van der Waals surface area contributed by atoms with Gasteiger partial charge in [0.1, 0.15) is 12.1 Å². The Labute approximate surface area is 180 Å². The molecular formula is C21H20F3N3O5. The second-order valence-electron chi connectivity index (χ2n) is 7.57. The number of aromatic nitrogens is 1. The minimum absolute atomic E-state index is 0.131. The molecule has 32 heavy (non-hydrogen) atoms. The van der Waals surface area contributed by atoms with Gasteiger partial charge >= 0.3 is 6.18 Å². The van der Waals surface area contributed by atoms with Gasteiger partial charge in [-0.05, 0) is 37.1 Å². The van der Waals surface area contributed by atoms with Crippen molar-refractivity contribution < 1.29 is 32.2 Å². The zero-order valence-corrected chi connectivity index (χ0v) is 16.9. The molecule has 4 rings (SSSR count). The fraction of sp³-hybridized carbons (Fsp3) is 0.381. The number of hydrogen-bond donors (Lipinski definition) is 1. The third kappa shape index (κ3) is 4.56. The fourth-order valence-electron chi connectivity index (χ4n) is 3.73. The van der Waals surface area contributed by atoms with Gasteiger partial charge in [0.2, 0.25) is 18.6 Å². The van der Waals surface area contributed by atoms with E-state index in [4.69, 9.17) is 9.47 Å². The predicted octanol–water partition coefficient (Wildman–Crippen LogP) is 2.47. The number of piperidine rings is 1. The molecule has 0 aliphatic carbocycles. The lowest BCUT2D eigenvalue weighted by Crippen LogP contribution is -2.44. The molecule has 11 heteroatoms. The van der Waals surface area contributed by atoms with E-state index in [0.717, 1.165) is 16.8 Å². The van der Waals surface area contributed by atoms with Gasteiger partial charge in [-0.3, -0.25) is 14.4 Å². The van der Waals surface area contributed by atoms with E-state index < -0.39 is 29.8 Å². The summed E-state index contributed by atoms with van der Waals surface area (Å²) in [7, 11) is 0. The molecule has 2 aromatic rings. The molecule has 3 heterocycles. The van der Waals surface area contributed by atoms with Crippen molar-refractivity contribution in [2.24, 2.45) is 5.92 Å². The summed E-state index contributed by atoms with van der Waals surface area (Å²) in [5.74, 6) is 0.176. The van der Waals surface area contributed by atoms with Crippen LogP contribution in [0.4, 0.5) is 18.9 Å². The summed E-state index contributed by atoms with van der Waals surface area (Å²) < 4.78 is 50.0. The summed E-state index contributed by atoms with van der Waals surface area (Å²) in [4.78, 5) is 38.6. The van der Waals surface area contributed by atoms with Crippen LogP contribution in [0.1, 0.15) is 18.4 Å². The first-order valence-electron chi connectivity index (χ1n) is 9.97. The normalized spacial score (nSPS) is 16.2. The predicted molar refractivity (Wildman–Crippen MR) is 106 cm³/mol. The first-order valence-corrected chi connectivity index (χ1v) is 9.97. The average Bonchev–Trinajstić information content (AvgIpc) is 3.22. The molecule has 0 spiro atoms. The van der Waals surface area contributed by atoms with Crippen molar-refractivity contribution in [1.29, 1.82) is 0 Å². The Morgan fingerprint density at radius 3 is 2.53 bits per heavy atom. The number of halogens is 3. The van der Waals surface area contributed by atoms with Gasteiger partial charge in [-0.2, -0.15) is 13.2 Å². The molecule has 1 N–H and O–H groups in total. The lowest BCUT2D eigenvalue weighted by Gasteiger charge is -2.31. The summed E-state index contributed by atoms with van der Waals surface area (Å²) in [6.45, 7) is 0.181. The number of rotatable bonds is 4. The summed E-state index contributed by atoms with van der Waals surface area (Å²) >= 11 is 0. The molecule has 2 aliphatic heterocycles. The molecule has 0 unspecified atom stereocenters. The molecule has 2 amide bonds. The van der Waals surface area contributed by atoms with Crippen LogP contribution in [-0.4, -0.2) is 41.2 Å². The quantitative estimate of drug-likeness (QED) is 0.772. The maximum absolute atomic E-state index is 12.9. The molecule has 1 saturated heterocycles. The van der Waals surface area contributed by atoms with Crippen LogP contribution >= 0.6 is 0 Å². The number of anilines is 1. The first kappa shape index (κ1) is 21.7. The molecule has 1 aromatic heterocycles. The number of benzene rings is 1. The number of nitrogens with zero attached hydrogens (tertiary/aromatic N) is 2. The number of amides is 2. The van der Waals surface area contributed by atoms with E-state index in [1.807, 2.05) is 0 Å². The molecule has 0 atom stereocenters. The first-order chi connectivity index (χ1) is 15.2. The van der Waals surface area contributed by atoms with Crippen molar-refractivity contribution in [1.82, 2.24) is 9.47 Å². The van der Waals surface area contributed by atoms with Gasteiger partial charge in [0, 0.05) is 37.0 Å². The van der Waals surface area contributed by atoms with Crippen molar-refractivity contribution >= 4 is 17.5 Å². The highest BCUT2D eigenvalue weighted by Gasteiger charge is 2.34. The monoisotopic (exact) mass is 451 g/mol. The third-order valence-electron chi connectivity index (χ3n) is 5.49. The number of alkyl halides is 3. The summed E-state index contributed by atoms with van der Waals surface area (Å²) in [5, 5.41) is 2.82. The second kappa shape index (κ2) is 8.56. The molecule has 170 valence electrons. The van der Waals surface area contributed by atoms with Crippen molar-refractivity contribution in [2.75, 3.05) is 25.2 Å². The van der Waals surface area contributed by atoms with Gasteiger partial charge in [0.25, 0.3) is 5.56 Å². The third-order valence-corrected chi connectivity index (χ3v) is 5.49. The molecule has 8 nitrogen and oxygen atoms in total.